The van der Waals surface area contributed by atoms with Gasteiger partial charge in [0.2, 0.25) is 0 Å². The number of nitrogens with zero attached hydrogens (tertiary/aromatic N) is 1. The Labute approximate surface area is 150 Å². The van der Waals surface area contributed by atoms with Crippen LogP contribution in [0.25, 0.3) is 11.3 Å². The number of rotatable bonds is 6. The van der Waals surface area contributed by atoms with Crippen molar-refractivity contribution in [3.63, 3.8) is 0 Å². The highest BCUT2D eigenvalue weighted by atomic mass is 32.1. The molecule has 0 radical (unpaired) electrons. The Morgan fingerprint density at radius 2 is 2.04 bits per heavy atom. The third kappa shape index (κ3) is 4.36. The van der Waals surface area contributed by atoms with Crippen molar-refractivity contribution in [1.82, 2.24) is 4.98 Å². The molecule has 0 aliphatic carbocycles. The van der Waals surface area contributed by atoms with E-state index in [4.69, 9.17) is 10.5 Å². The Kier molecular flexibility index (Phi) is 5.30. The number of nitrogens with one attached hydrogen (secondary N) is 1. The van der Waals surface area contributed by atoms with Gasteiger partial charge in [0.05, 0.1) is 16.9 Å². The number of hydrogen-bond acceptors (Lipinski definition) is 5. The predicted molar refractivity (Wildman–Crippen MR) is 102 cm³/mol. The fourth-order valence-electron chi connectivity index (χ4n) is 2.36. The van der Waals surface area contributed by atoms with E-state index in [0.29, 0.717) is 11.4 Å². The van der Waals surface area contributed by atoms with Gasteiger partial charge in [-0.25, -0.2) is 4.98 Å². The summed E-state index contributed by atoms with van der Waals surface area (Å²) in [6, 6.07) is 13.2. The summed E-state index contributed by atoms with van der Waals surface area (Å²) in [5.41, 5.74) is 12.0. The number of aromatic nitrogens is 1. The zero-order valence-corrected chi connectivity index (χ0v) is 14.7. The molecule has 25 heavy (non-hydrogen) atoms. The van der Waals surface area contributed by atoms with Crippen LogP contribution in [0.4, 0.5) is 11.4 Å². The van der Waals surface area contributed by atoms with E-state index in [9.17, 15) is 4.79 Å². The van der Waals surface area contributed by atoms with Crippen molar-refractivity contribution < 1.29 is 9.53 Å². The first-order chi connectivity index (χ1) is 12.2. The maximum absolute atomic E-state index is 12.0. The molecule has 0 bridgehead atoms. The van der Waals surface area contributed by atoms with Crippen LogP contribution >= 0.6 is 11.3 Å². The average Bonchev–Trinajstić information content (AvgIpc) is 3.16. The number of amides is 1. The normalized spacial score (nSPS) is 10.4. The molecule has 1 aromatic heterocycles. The predicted octanol–water partition coefficient (Wildman–Crippen LogP) is 3.97. The molecule has 2 aromatic carbocycles. The highest BCUT2D eigenvalue weighted by molar-refractivity contribution is 7.07. The van der Waals surface area contributed by atoms with Gasteiger partial charge in [-0.1, -0.05) is 19.1 Å². The standard InChI is InChI=1S/C19H19N3O2S/c1-2-13-3-6-15(7-4-13)22-19(23)10-24-18-8-5-14(9-16(18)20)17-11-25-12-21-17/h3-9,11-12H,2,10,20H2,1H3,(H,22,23). The van der Waals surface area contributed by atoms with Crippen molar-refractivity contribution in [1.29, 1.82) is 0 Å². The van der Waals surface area contributed by atoms with E-state index >= 15 is 0 Å². The zero-order valence-electron chi connectivity index (χ0n) is 13.9. The summed E-state index contributed by atoms with van der Waals surface area (Å²) in [6.07, 6.45) is 0.966. The number of carbonyl (C=O) groups excluding carboxylic acids is 1. The van der Waals surface area contributed by atoms with E-state index in [1.807, 2.05) is 35.7 Å². The van der Waals surface area contributed by atoms with Crippen molar-refractivity contribution in [3.8, 4) is 17.0 Å². The number of ether oxygens (including phenoxy) is 1. The summed E-state index contributed by atoms with van der Waals surface area (Å²) in [6.45, 7) is 1.99. The second-order valence-corrected chi connectivity index (χ2v) is 6.23. The number of aryl methyl sites for hydroxylation is 1. The first-order valence-corrected chi connectivity index (χ1v) is 8.89. The summed E-state index contributed by atoms with van der Waals surface area (Å²) in [7, 11) is 0. The van der Waals surface area contributed by atoms with Crippen molar-refractivity contribution in [2.45, 2.75) is 13.3 Å². The molecular weight excluding hydrogens is 334 g/mol. The van der Waals surface area contributed by atoms with Gasteiger partial charge >= 0.3 is 0 Å². The number of carbonyl (C=O) groups is 1. The molecule has 0 fully saturated rings. The zero-order chi connectivity index (χ0) is 17.6. The molecule has 3 aromatic rings. The van der Waals surface area contributed by atoms with Gasteiger partial charge < -0.3 is 15.8 Å². The molecule has 128 valence electrons. The van der Waals surface area contributed by atoms with Crippen LogP contribution in [0.5, 0.6) is 5.75 Å². The molecule has 0 unspecified atom stereocenters. The Morgan fingerprint density at radius 1 is 1.24 bits per heavy atom. The van der Waals surface area contributed by atoms with Gasteiger partial charge in [0.25, 0.3) is 5.91 Å². The third-order valence-corrected chi connectivity index (χ3v) is 4.33. The first kappa shape index (κ1) is 17.0. The molecule has 0 aliphatic rings. The fraction of sp³-hybridized carbons (Fsp3) is 0.158. The lowest BCUT2D eigenvalue weighted by molar-refractivity contribution is -0.118. The van der Waals surface area contributed by atoms with E-state index in [1.165, 1.54) is 16.9 Å². The molecule has 0 saturated heterocycles. The number of benzene rings is 2. The summed E-state index contributed by atoms with van der Waals surface area (Å²) in [4.78, 5) is 16.3. The van der Waals surface area contributed by atoms with Crippen LogP contribution in [-0.2, 0) is 11.2 Å². The quantitative estimate of drug-likeness (QED) is 0.657. The highest BCUT2D eigenvalue weighted by Gasteiger charge is 2.08. The molecule has 0 aliphatic heterocycles. The van der Waals surface area contributed by atoms with Crippen molar-refractivity contribution >= 4 is 28.6 Å². The molecule has 0 spiro atoms. The van der Waals surface area contributed by atoms with Gasteiger partial charge in [0, 0.05) is 16.6 Å². The number of hydrogen-bond donors (Lipinski definition) is 2. The van der Waals surface area contributed by atoms with Crippen LogP contribution in [0.3, 0.4) is 0 Å². The van der Waals surface area contributed by atoms with Crippen molar-refractivity contribution in [3.05, 3.63) is 58.9 Å². The van der Waals surface area contributed by atoms with Crippen molar-refractivity contribution in [2.75, 3.05) is 17.7 Å². The number of anilines is 2. The number of nitrogen functional groups attached to an aromatic ring is 1. The van der Waals surface area contributed by atoms with E-state index in [2.05, 4.69) is 17.2 Å². The van der Waals surface area contributed by atoms with Crippen LogP contribution < -0.4 is 15.8 Å². The van der Waals surface area contributed by atoms with Crippen LogP contribution in [0.1, 0.15) is 12.5 Å². The summed E-state index contributed by atoms with van der Waals surface area (Å²) in [5.74, 6) is 0.252. The van der Waals surface area contributed by atoms with Crippen LogP contribution in [0, 0.1) is 0 Å². The Morgan fingerprint density at radius 3 is 2.68 bits per heavy atom. The SMILES string of the molecule is CCc1ccc(NC(=O)COc2ccc(-c3cscn3)cc2N)cc1. The minimum atomic E-state index is -0.229. The second-order valence-electron chi connectivity index (χ2n) is 5.51. The smallest absolute Gasteiger partial charge is 0.262 e. The van der Waals surface area contributed by atoms with Gasteiger partial charge in [0.15, 0.2) is 6.61 Å². The maximum atomic E-state index is 12.0. The van der Waals surface area contributed by atoms with Crippen molar-refractivity contribution in [2.24, 2.45) is 0 Å². The van der Waals surface area contributed by atoms with E-state index in [0.717, 1.165) is 23.4 Å². The Balaban J connectivity index is 1.58. The molecule has 1 amide bonds. The molecule has 0 saturated carbocycles. The molecule has 0 atom stereocenters. The minimum Gasteiger partial charge on any atom is -0.482 e. The third-order valence-electron chi connectivity index (χ3n) is 3.74. The van der Waals surface area contributed by atoms with Crippen LogP contribution in [0.2, 0.25) is 0 Å². The van der Waals surface area contributed by atoms with Gasteiger partial charge in [-0.2, -0.15) is 0 Å². The highest BCUT2D eigenvalue weighted by Crippen LogP contribution is 2.28. The van der Waals surface area contributed by atoms with Crippen LogP contribution in [0.15, 0.2) is 53.4 Å². The summed E-state index contributed by atoms with van der Waals surface area (Å²) in [5, 5.41) is 4.75. The van der Waals surface area contributed by atoms with Crippen LogP contribution in [-0.4, -0.2) is 17.5 Å². The summed E-state index contributed by atoms with van der Waals surface area (Å²) >= 11 is 1.53. The molecule has 6 heteroatoms. The van der Waals surface area contributed by atoms with Gasteiger partial charge in [-0.15, -0.1) is 11.3 Å². The topological polar surface area (TPSA) is 77.2 Å². The fourth-order valence-corrected chi connectivity index (χ4v) is 2.92. The first-order valence-electron chi connectivity index (χ1n) is 7.95. The molecule has 3 rings (SSSR count). The van der Waals surface area contributed by atoms with Gasteiger partial charge in [-0.05, 0) is 42.3 Å². The Bertz CT molecular complexity index is 846. The van der Waals surface area contributed by atoms with E-state index in [-0.39, 0.29) is 12.5 Å². The summed E-state index contributed by atoms with van der Waals surface area (Å²) < 4.78 is 5.53. The molecule has 3 N–H and O–H groups in total. The number of thiazole rings is 1. The largest absolute Gasteiger partial charge is 0.482 e. The van der Waals surface area contributed by atoms with Gasteiger partial charge in [0.1, 0.15) is 5.75 Å². The van der Waals surface area contributed by atoms with E-state index in [1.54, 1.807) is 17.6 Å². The molecule has 1 heterocycles. The number of nitrogens with two attached hydrogens (primary N) is 1. The minimum absolute atomic E-state index is 0.101. The molecular formula is C19H19N3O2S. The Hall–Kier alpha value is -2.86. The second kappa shape index (κ2) is 7.81. The maximum Gasteiger partial charge on any atom is 0.262 e. The monoisotopic (exact) mass is 353 g/mol. The lowest BCUT2D eigenvalue weighted by Crippen LogP contribution is -2.20. The lowest BCUT2D eigenvalue weighted by atomic mass is 10.1. The molecule has 5 nitrogen and oxygen atoms in total. The average molecular weight is 353 g/mol. The lowest BCUT2D eigenvalue weighted by Gasteiger charge is -2.10. The van der Waals surface area contributed by atoms with E-state index < -0.39 is 0 Å². The van der Waals surface area contributed by atoms with Gasteiger partial charge in [-0.3, -0.25) is 4.79 Å².